The van der Waals surface area contributed by atoms with Crippen LogP contribution in [0.1, 0.15) is 12.5 Å². The molecule has 21 heavy (non-hydrogen) atoms. The number of carbonyl (C=O) groups excluding carboxylic acids is 1. The average molecular weight is 292 g/mol. The SMILES string of the molecule is CCNC(=O)C1CNCCN1c1ccc([N+](=O)[O-])cc1C. The van der Waals surface area contributed by atoms with Gasteiger partial charge in [-0.3, -0.25) is 14.9 Å². The van der Waals surface area contributed by atoms with E-state index < -0.39 is 4.92 Å². The van der Waals surface area contributed by atoms with E-state index in [9.17, 15) is 14.9 Å². The molecular formula is C14H20N4O3. The van der Waals surface area contributed by atoms with E-state index in [0.29, 0.717) is 19.6 Å². The maximum atomic E-state index is 12.2. The molecule has 1 aliphatic rings. The number of piperazine rings is 1. The highest BCUT2D eigenvalue weighted by atomic mass is 16.6. The van der Waals surface area contributed by atoms with E-state index in [0.717, 1.165) is 17.8 Å². The first-order chi connectivity index (χ1) is 10.0. The third-order valence-corrected chi connectivity index (χ3v) is 3.60. The predicted octanol–water partition coefficient (Wildman–Crippen LogP) is 0.818. The smallest absolute Gasteiger partial charge is 0.269 e. The van der Waals surface area contributed by atoms with E-state index in [-0.39, 0.29) is 17.6 Å². The second-order valence-electron chi connectivity index (χ2n) is 5.04. The molecular weight excluding hydrogens is 272 g/mol. The van der Waals surface area contributed by atoms with Crippen molar-refractivity contribution in [1.29, 1.82) is 0 Å². The minimum Gasteiger partial charge on any atom is -0.357 e. The third-order valence-electron chi connectivity index (χ3n) is 3.60. The molecule has 0 aromatic heterocycles. The normalized spacial score (nSPS) is 18.4. The van der Waals surface area contributed by atoms with Gasteiger partial charge in [-0.25, -0.2) is 0 Å². The van der Waals surface area contributed by atoms with Crippen molar-refractivity contribution in [3.05, 3.63) is 33.9 Å². The molecule has 1 amide bonds. The average Bonchev–Trinajstić information content (AvgIpc) is 2.47. The van der Waals surface area contributed by atoms with Gasteiger partial charge in [0.15, 0.2) is 0 Å². The Hall–Kier alpha value is -2.15. The number of non-ortho nitro benzene ring substituents is 1. The van der Waals surface area contributed by atoms with Crippen LogP contribution in [0, 0.1) is 17.0 Å². The lowest BCUT2D eigenvalue weighted by Gasteiger charge is -2.37. The number of hydrogen-bond acceptors (Lipinski definition) is 5. The lowest BCUT2D eigenvalue weighted by molar-refractivity contribution is -0.384. The second kappa shape index (κ2) is 6.53. The molecule has 1 atom stereocenters. The van der Waals surface area contributed by atoms with Crippen LogP contribution in [0.3, 0.4) is 0 Å². The Balaban J connectivity index is 2.29. The van der Waals surface area contributed by atoms with Crippen LogP contribution in [0.2, 0.25) is 0 Å². The number of nitro groups is 1. The Bertz CT molecular complexity index is 547. The molecule has 1 heterocycles. The summed E-state index contributed by atoms with van der Waals surface area (Å²) in [6.07, 6.45) is 0. The van der Waals surface area contributed by atoms with Gasteiger partial charge in [0.1, 0.15) is 6.04 Å². The minimum atomic E-state index is -0.407. The summed E-state index contributed by atoms with van der Waals surface area (Å²) in [7, 11) is 0. The van der Waals surface area contributed by atoms with Crippen molar-refractivity contribution in [3.63, 3.8) is 0 Å². The molecule has 2 rings (SSSR count). The maximum Gasteiger partial charge on any atom is 0.269 e. The fourth-order valence-corrected chi connectivity index (χ4v) is 2.59. The van der Waals surface area contributed by atoms with Gasteiger partial charge in [0.2, 0.25) is 5.91 Å². The molecule has 2 N–H and O–H groups in total. The number of benzene rings is 1. The Morgan fingerprint density at radius 1 is 1.57 bits per heavy atom. The van der Waals surface area contributed by atoms with Crippen LogP contribution in [0.25, 0.3) is 0 Å². The predicted molar refractivity (Wildman–Crippen MR) is 80.5 cm³/mol. The zero-order valence-electron chi connectivity index (χ0n) is 12.3. The van der Waals surface area contributed by atoms with Crippen LogP contribution in [-0.4, -0.2) is 43.1 Å². The van der Waals surface area contributed by atoms with Crippen molar-refractivity contribution in [2.75, 3.05) is 31.1 Å². The standard InChI is InChI=1S/C14H20N4O3/c1-3-16-14(19)13-9-15-6-7-17(13)12-5-4-11(18(20)21)8-10(12)2/h4-5,8,13,15H,3,6-7,9H2,1-2H3,(H,16,19). The van der Waals surface area contributed by atoms with Crippen LogP contribution in [-0.2, 0) is 4.79 Å². The summed E-state index contributed by atoms with van der Waals surface area (Å²) >= 11 is 0. The number of aryl methyl sites for hydroxylation is 1. The molecule has 1 aromatic carbocycles. The lowest BCUT2D eigenvalue weighted by atomic mass is 10.1. The van der Waals surface area contributed by atoms with Crippen molar-refractivity contribution in [2.45, 2.75) is 19.9 Å². The summed E-state index contributed by atoms with van der Waals surface area (Å²) in [5.74, 6) is -0.0255. The summed E-state index contributed by atoms with van der Waals surface area (Å²) in [6.45, 7) is 6.35. The Kier molecular flexibility index (Phi) is 4.74. The molecule has 1 aromatic rings. The van der Waals surface area contributed by atoms with E-state index >= 15 is 0 Å². The van der Waals surface area contributed by atoms with E-state index in [1.54, 1.807) is 12.1 Å². The second-order valence-corrected chi connectivity index (χ2v) is 5.04. The molecule has 7 heteroatoms. The highest BCUT2D eigenvalue weighted by molar-refractivity contribution is 5.86. The van der Waals surface area contributed by atoms with Gasteiger partial charge in [-0.05, 0) is 25.5 Å². The molecule has 1 saturated heterocycles. The van der Waals surface area contributed by atoms with Gasteiger partial charge in [-0.15, -0.1) is 0 Å². The van der Waals surface area contributed by atoms with Crippen molar-refractivity contribution in [1.82, 2.24) is 10.6 Å². The van der Waals surface area contributed by atoms with Gasteiger partial charge in [-0.1, -0.05) is 0 Å². The van der Waals surface area contributed by atoms with Gasteiger partial charge in [0.25, 0.3) is 5.69 Å². The summed E-state index contributed by atoms with van der Waals surface area (Å²) in [5, 5.41) is 16.9. The highest BCUT2D eigenvalue weighted by Gasteiger charge is 2.29. The molecule has 0 aliphatic carbocycles. The summed E-state index contributed by atoms with van der Waals surface area (Å²) < 4.78 is 0. The highest BCUT2D eigenvalue weighted by Crippen LogP contribution is 2.26. The van der Waals surface area contributed by atoms with E-state index in [2.05, 4.69) is 10.6 Å². The number of rotatable bonds is 4. The van der Waals surface area contributed by atoms with Crippen LogP contribution < -0.4 is 15.5 Å². The maximum absolute atomic E-state index is 12.2. The first-order valence-electron chi connectivity index (χ1n) is 7.04. The first kappa shape index (κ1) is 15.2. The van der Waals surface area contributed by atoms with Crippen molar-refractivity contribution >= 4 is 17.3 Å². The number of nitrogens with zero attached hydrogens (tertiary/aromatic N) is 2. The van der Waals surface area contributed by atoms with Crippen LogP contribution in [0.5, 0.6) is 0 Å². The number of nitro benzene ring substituents is 1. The minimum absolute atomic E-state index is 0.0255. The number of hydrogen-bond donors (Lipinski definition) is 2. The Morgan fingerprint density at radius 3 is 2.95 bits per heavy atom. The molecule has 114 valence electrons. The number of carbonyl (C=O) groups is 1. The monoisotopic (exact) mass is 292 g/mol. The number of nitrogens with one attached hydrogen (secondary N) is 2. The van der Waals surface area contributed by atoms with E-state index in [1.165, 1.54) is 6.07 Å². The van der Waals surface area contributed by atoms with E-state index in [1.807, 2.05) is 18.7 Å². The molecule has 7 nitrogen and oxygen atoms in total. The number of likely N-dealkylation sites (N-methyl/N-ethyl adjacent to an activating group) is 1. The van der Waals surface area contributed by atoms with Gasteiger partial charge in [0.05, 0.1) is 4.92 Å². The van der Waals surface area contributed by atoms with Gasteiger partial charge < -0.3 is 15.5 Å². The van der Waals surface area contributed by atoms with Crippen molar-refractivity contribution in [3.8, 4) is 0 Å². The van der Waals surface area contributed by atoms with Gasteiger partial charge >= 0.3 is 0 Å². The van der Waals surface area contributed by atoms with Gasteiger partial charge in [-0.2, -0.15) is 0 Å². The number of anilines is 1. The zero-order valence-corrected chi connectivity index (χ0v) is 12.3. The Morgan fingerprint density at radius 2 is 2.33 bits per heavy atom. The molecule has 1 aliphatic heterocycles. The number of amides is 1. The molecule has 1 fully saturated rings. The first-order valence-corrected chi connectivity index (χ1v) is 7.04. The third kappa shape index (κ3) is 3.30. The van der Waals surface area contributed by atoms with Crippen LogP contribution in [0.4, 0.5) is 11.4 Å². The van der Waals surface area contributed by atoms with Crippen molar-refractivity contribution in [2.24, 2.45) is 0 Å². The summed E-state index contributed by atoms with van der Waals surface area (Å²) in [5.41, 5.74) is 1.75. The topological polar surface area (TPSA) is 87.5 Å². The van der Waals surface area contributed by atoms with Crippen LogP contribution >= 0.6 is 0 Å². The molecule has 1 unspecified atom stereocenters. The molecule has 0 spiro atoms. The fourth-order valence-electron chi connectivity index (χ4n) is 2.59. The zero-order chi connectivity index (χ0) is 15.4. The summed E-state index contributed by atoms with van der Waals surface area (Å²) in [6, 6.07) is 4.47. The Labute approximate surface area is 123 Å². The van der Waals surface area contributed by atoms with Gasteiger partial charge in [0, 0.05) is 44.0 Å². The van der Waals surface area contributed by atoms with Crippen molar-refractivity contribution < 1.29 is 9.72 Å². The quantitative estimate of drug-likeness (QED) is 0.633. The molecule has 0 radical (unpaired) electrons. The molecule has 0 bridgehead atoms. The van der Waals surface area contributed by atoms with Crippen LogP contribution in [0.15, 0.2) is 18.2 Å². The fraction of sp³-hybridized carbons (Fsp3) is 0.500. The lowest BCUT2D eigenvalue weighted by Crippen LogP contribution is -2.58. The van der Waals surface area contributed by atoms with E-state index in [4.69, 9.17) is 0 Å². The largest absolute Gasteiger partial charge is 0.357 e. The summed E-state index contributed by atoms with van der Waals surface area (Å²) in [4.78, 5) is 24.6. The molecule has 0 saturated carbocycles.